The molecule has 0 aliphatic heterocycles. The molecule has 0 saturated heterocycles. The van der Waals surface area contributed by atoms with Crippen LogP contribution in [0.5, 0.6) is 0 Å². The van der Waals surface area contributed by atoms with Crippen LogP contribution in [0, 0.1) is 0 Å². The van der Waals surface area contributed by atoms with E-state index in [2.05, 4.69) is 31.2 Å². The van der Waals surface area contributed by atoms with Crippen molar-refractivity contribution in [3.05, 3.63) is 28.9 Å². The van der Waals surface area contributed by atoms with E-state index in [1.165, 1.54) is 0 Å². The number of carbonyl (C=O) groups is 1. The van der Waals surface area contributed by atoms with E-state index >= 15 is 0 Å². The summed E-state index contributed by atoms with van der Waals surface area (Å²) in [7, 11) is 0. The van der Waals surface area contributed by atoms with E-state index in [0.29, 0.717) is 6.54 Å². The Morgan fingerprint density at radius 2 is 2.35 bits per heavy atom. The standard InChI is InChI=1S/C10H12BrN5O/c1-6(10(12)17)13-2-7-3-15-9-4-14-8(11)5-16(7)9/h3-6,13H,2H2,1H3,(H2,12,17). The summed E-state index contributed by atoms with van der Waals surface area (Å²) < 4.78 is 2.63. The van der Waals surface area contributed by atoms with Gasteiger partial charge in [0.2, 0.25) is 5.91 Å². The predicted molar refractivity (Wildman–Crippen MR) is 66.2 cm³/mol. The van der Waals surface area contributed by atoms with E-state index in [0.717, 1.165) is 15.9 Å². The number of rotatable bonds is 4. The predicted octanol–water partition coefficient (Wildman–Crippen LogP) is 0.455. The molecule has 0 aliphatic rings. The Balaban J connectivity index is 2.19. The number of primary amides is 1. The molecule has 2 aromatic heterocycles. The van der Waals surface area contributed by atoms with Crippen molar-refractivity contribution in [3.63, 3.8) is 0 Å². The first-order valence-electron chi connectivity index (χ1n) is 5.08. The molecule has 0 aromatic carbocycles. The molecule has 1 unspecified atom stereocenters. The number of nitrogens with two attached hydrogens (primary N) is 1. The van der Waals surface area contributed by atoms with E-state index < -0.39 is 0 Å². The van der Waals surface area contributed by atoms with Crippen LogP contribution < -0.4 is 11.1 Å². The minimum Gasteiger partial charge on any atom is -0.368 e. The van der Waals surface area contributed by atoms with Gasteiger partial charge in [0.05, 0.1) is 24.1 Å². The SMILES string of the molecule is CC(NCc1cnc2cnc(Br)cn12)C(N)=O. The van der Waals surface area contributed by atoms with E-state index in [1.54, 1.807) is 19.3 Å². The van der Waals surface area contributed by atoms with Crippen LogP contribution >= 0.6 is 15.9 Å². The summed E-state index contributed by atoms with van der Waals surface area (Å²) in [5, 5.41) is 3.02. The van der Waals surface area contributed by atoms with Gasteiger partial charge >= 0.3 is 0 Å². The van der Waals surface area contributed by atoms with Crippen molar-refractivity contribution in [2.45, 2.75) is 19.5 Å². The number of hydrogen-bond acceptors (Lipinski definition) is 4. The van der Waals surface area contributed by atoms with Gasteiger partial charge in [-0.3, -0.25) is 9.20 Å². The molecule has 0 saturated carbocycles. The first kappa shape index (κ1) is 12.0. The monoisotopic (exact) mass is 297 g/mol. The van der Waals surface area contributed by atoms with Gasteiger partial charge in [0, 0.05) is 12.7 Å². The third-order valence-electron chi connectivity index (χ3n) is 2.46. The fraction of sp³-hybridized carbons (Fsp3) is 0.300. The summed E-state index contributed by atoms with van der Waals surface area (Å²) in [5.74, 6) is -0.373. The van der Waals surface area contributed by atoms with Crippen molar-refractivity contribution >= 4 is 27.5 Å². The molecule has 17 heavy (non-hydrogen) atoms. The van der Waals surface area contributed by atoms with E-state index in [1.807, 2.05) is 10.6 Å². The van der Waals surface area contributed by atoms with E-state index in [9.17, 15) is 4.79 Å². The maximum absolute atomic E-state index is 10.9. The number of hydrogen-bond donors (Lipinski definition) is 2. The zero-order valence-corrected chi connectivity index (χ0v) is 10.8. The average molecular weight is 298 g/mol. The minimum atomic E-state index is -0.373. The molecule has 6 nitrogen and oxygen atoms in total. The molecule has 7 heteroatoms. The Bertz CT molecular complexity index is 553. The lowest BCUT2D eigenvalue weighted by molar-refractivity contribution is -0.119. The summed E-state index contributed by atoms with van der Waals surface area (Å²) in [6, 6.07) is -0.370. The number of nitrogens with zero attached hydrogens (tertiary/aromatic N) is 3. The van der Waals surface area contributed by atoms with Crippen molar-refractivity contribution < 1.29 is 4.79 Å². The molecule has 2 heterocycles. The van der Waals surface area contributed by atoms with Crippen LogP contribution in [-0.2, 0) is 11.3 Å². The highest BCUT2D eigenvalue weighted by molar-refractivity contribution is 9.10. The largest absolute Gasteiger partial charge is 0.368 e. The van der Waals surface area contributed by atoms with Crippen molar-refractivity contribution in [2.75, 3.05) is 0 Å². The van der Waals surface area contributed by atoms with Gasteiger partial charge in [-0.1, -0.05) is 0 Å². The lowest BCUT2D eigenvalue weighted by Gasteiger charge is -2.09. The maximum atomic E-state index is 10.9. The fourth-order valence-electron chi connectivity index (χ4n) is 1.41. The number of halogens is 1. The molecular formula is C10H12BrN5O. The highest BCUT2D eigenvalue weighted by atomic mass is 79.9. The number of carbonyl (C=O) groups excluding carboxylic acids is 1. The Kier molecular flexibility index (Phi) is 3.39. The van der Waals surface area contributed by atoms with Gasteiger partial charge in [0.1, 0.15) is 4.60 Å². The normalized spacial score (nSPS) is 12.8. The minimum absolute atomic E-state index is 0.370. The van der Waals surface area contributed by atoms with Gasteiger partial charge in [-0.15, -0.1) is 0 Å². The fourth-order valence-corrected chi connectivity index (χ4v) is 1.71. The van der Waals surface area contributed by atoms with Crippen LogP contribution in [0.4, 0.5) is 0 Å². The zero-order valence-electron chi connectivity index (χ0n) is 9.22. The van der Waals surface area contributed by atoms with Gasteiger partial charge in [0.25, 0.3) is 0 Å². The molecule has 0 aliphatic carbocycles. The van der Waals surface area contributed by atoms with Gasteiger partial charge in [-0.05, 0) is 22.9 Å². The second kappa shape index (κ2) is 4.80. The number of imidazole rings is 1. The molecular weight excluding hydrogens is 286 g/mol. The maximum Gasteiger partial charge on any atom is 0.234 e. The van der Waals surface area contributed by atoms with Crippen LogP contribution in [-0.4, -0.2) is 26.3 Å². The number of fused-ring (bicyclic) bond motifs is 1. The zero-order chi connectivity index (χ0) is 12.4. The Morgan fingerprint density at radius 3 is 3.06 bits per heavy atom. The quantitative estimate of drug-likeness (QED) is 0.858. The second-order valence-electron chi connectivity index (χ2n) is 3.69. The summed E-state index contributed by atoms with van der Waals surface area (Å²) in [4.78, 5) is 19.2. The molecule has 3 N–H and O–H groups in total. The van der Waals surface area contributed by atoms with Gasteiger partial charge in [-0.2, -0.15) is 0 Å². The molecule has 2 rings (SSSR count). The second-order valence-corrected chi connectivity index (χ2v) is 4.51. The summed E-state index contributed by atoms with van der Waals surface area (Å²) >= 11 is 3.30. The Morgan fingerprint density at radius 1 is 1.59 bits per heavy atom. The summed E-state index contributed by atoms with van der Waals surface area (Å²) in [6.45, 7) is 2.24. The molecule has 2 aromatic rings. The van der Waals surface area contributed by atoms with Crippen LogP contribution in [0.1, 0.15) is 12.6 Å². The molecule has 1 amide bonds. The first-order chi connectivity index (χ1) is 8.08. The van der Waals surface area contributed by atoms with Crippen molar-refractivity contribution in [3.8, 4) is 0 Å². The van der Waals surface area contributed by atoms with Crippen molar-refractivity contribution in [1.29, 1.82) is 0 Å². The average Bonchev–Trinajstić information content (AvgIpc) is 2.68. The number of aromatic nitrogens is 3. The highest BCUT2D eigenvalue weighted by Gasteiger charge is 2.09. The third-order valence-corrected chi connectivity index (χ3v) is 2.87. The van der Waals surface area contributed by atoms with Crippen LogP contribution in [0.3, 0.4) is 0 Å². The third kappa shape index (κ3) is 2.62. The van der Waals surface area contributed by atoms with Crippen LogP contribution in [0.15, 0.2) is 23.2 Å². The molecule has 90 valence electrons. The number of amides is 1. The van der Waals surface area contributed by atoms with Crippen LogP contribution in [0.25, 0.3) is 5.65 Å². The summed E-state index contributed by atoms with van der Waals surface area (Å²) in [6.07, 6.45) is 5.24. The molecule has 0 fully saturated rings. The van der Waals surface area contributed by atoms with E-state index in [4.69, 9.17) is 5.73 Å². The van der Waals surface area contributed by atoms with E-state index in [-0.39, 0.29) is 11.9 Å². The highest BCUT2D eigenvalue weighted by Crippen LogP contribution is 2.10. The topological polar surface area (TPSA) is 85.3 Å². The summed E-state index contributed by atoms with van der Waals surface area (Å²) in [5.41, 5.74) is 6.87. The molecule has 0 radical (unpaired) electrons. The molecule has 1 atom stereocenters. The molecule has 0 spiro atoms. The van der Waals surface area contributed by atoms with Crippen molar-refractivity contribution in [1.82, 2.24) is 19.7 Å². The lowest BCUT2D eigenvalue weighted by atomic mass is 10.3. The molecule has 0 bridgehead atoms. The number of nitrogens with one attached hydrogen (secondary N) is 1. The first-order valence-corrected chi connectivity index (χ1v) is 5.87. The van der Waals surface area contributed by atoms with Crippen LogP contribution in [0.2, 0.25) is 0 Å². The van der Waals surface area contributed by atoms with Gasteiger partial charge < -0.3 is 11.1 Å². The Labute approximate surface area is 106 Å². The van der Waals surface area contributed by atoms with Gasteiger partial charge in [0.15, 0.2) is 5.65 Å². The van der Waals surface area contributed by atoms with Gasteiger partial charge in [-0.25, -0.2) is 9.97 Å². The van der Waals surface area contributed by atoms with Crippen molar-refractivity contribution in [2.24, 2.45) is 5.73 Å². The smallest absolute Gasteiger partial charge is 0.234 e. The Hall–Kier alpha value is -1.47. The lowest BCUT2D eigenvalue weighted by Crippen LogP contribution is -2.38.